The van der Waals surface area contributed by atoms with Crippen LogP contribution in [0.5, 0.6) is 5.75 Å². The van der Waals surface area contributed by atoms with Gasteiger partial charge in [0.25, 0.3) is 0 Å². The van der Waals surface area contributed by atoms with Crippen LogP contribution in [0.3, 0.4) is 0 Å². The Morgan fingerprint density at radius 3 is 2.67 bits per heavy atom. The monoisotopic (exact) mass is 574 g/mol. The van der Waals surface area contributed by atoms with Gasteiger partial charge in [-0.15, -0.1) is 0 Å². The molecule has 0 heterocycles. The van der Waals surface area contributed by atoms with Crippen LogP contribution >= 0.6 is 22.6 Å². The molecule has 2 rings (SSSR count). The Kier molecular flexibility index (Phi) is 11.6. The predicted molar refractivity (Wildman–Crippen MR) is 134 cm³/mol. The van der Waals surface area contributed by atoms with Crippen LogP contribution in [0, 0.1) is 9.49 Å². The summed E-state index contributed by atoms with van der Waals surface area (Å²) in [6, 6.07) is 6.76. The van der Waals surface area contributed by atoms with E-state index in [4.69, 9.17) is 14.6 Å². The molecule has 0 saturated carbocycles. The third-order valence-electron chi connectivity index (χ3n) is 5.41. The van der Waals surface area contributed by atoms with Gasteiger partial charge < -0.3 is 29.9 Å². The largest absolute Gasteiger partial charge is 0.482 e. The number of aliphatic hydroxyl groups excluding tert-OH is 2. The van der Waals surface area contributed by atoms with Gasteiger partial charge in [-0.1, -0.05) is 26.0 Å². The standard InChI is InChI=1S/C24H35IN2O6/c1-4-32-15-22(29)27(11-9-16(2)3)19-13-17(24(31)26-10-12-28)14-21(23(19)30)33-20-8-6-5-7-18(20)25/h5-8,14,16,19,21,23,28,30H,4,9-13,15H2,1-3H3,(H,26,31)/t19-,21+,23+/m1/s1. The number of nitrogens with zero attached hydrogens (tertiary/aromatic N) is 1. The van der Waals surface area contributed by atoms with Crippen molar-refractivity contribution in [1.29, 1.82) is 0 Å². The van der Waals surface area contributed by atoms with E-state index in [0.29, 0.717) is 30.4 Å². The molecule has 8 nitrogen and oxygen atoms in total. The van der Waals surface area contributed by atoms with Crippen molar-refractivity contribution in [3.8, 4) is 5.75 Å². The number of amides is 2. The topological polar surface area (TPSA) is 108 Å². The number of hydrogen-bond donors (Lipinski definition) is 3. The molecule has 1 aromatic rings. The van der Waals surface area contributed by atoms with Crippen LogP contribution in [0.1, 0.15) is 33.6 Å². The fourth-order valence-corrected chi connectivity index (χ4v) is 4.13. The first kappa shape index (κ1) is 27.6. The zero-order chi connectivity index (χ0) is 24.4. The van der Waals surface area contributed by atoms with E-state index >= 15 is 0 Å². The Morgan fingerprint density at radius 2 is 2.03 bits per heavy atom. The van der Waals surface area contributed by atoms with Gasteiger partial charge in [-0.05, 0) is 60.1 Å². The molecule has 9 heteroatoms. The summed E-state index contributed by atoms with van der Waals surface area (Å²) < 4.78 is 12.3. The molecule has 0 unspecified atom stereocenters. The van der Waals surface area contributed by atoms with E-state index in [1.54, 1.807) is 17.0 Å². The molecule has 0 bridgehead atoms. The van der Waals surface area contributed by atoms with Crippen molar-refractivity contribution in [3.63, 3.8) is 0 Å². The Balaban J connectivity index is 2.37. The molecule has 2 amide bonds. The smallest absolute Gasteiger partial charge is 0.248 e. The molecular weight excluding hydrogens is 539 g/mol. The first-order chi connectivity index (χ1) is 15.8. The lowest BCUT2D eigenvalue weighted by molar-refractivity contribution is -0.143. The fraction of sp³-hybridized carbons (Fsp3) is 0.583. The molecule has 0 spiro atoms. The molecule has 184 valence electrons. The van der Waals surface area contributed by atoms with Crippen LogP contribution in [0.25, 0.3) is 0 Å². The van der Waals surface area contributed by atoms with Crippen LogP contribution in [0.2, 0.25) is 0 Å². The minimum Gasteiger partial charge on any atom is -0.482 e. The highest BCUT2D eigenvalue weighted by atomic mass is 127. The zero-order valence-corrected chi connectivity index (χ0v) is 21.7. The maximum Gasteiger partial charge on any atom is 0.248 e. The number of hydrogen-bond acceptors (Lipinski definition) is 6. The maximum absolute atomic E-state index is 13.0. The number of nitrogens with one attached hydrogen (secondary N) is 1. The normalized spacial score (nSPS) is 20.3. The average Bonchev–Trinajstić information content (AvgIpc) is 2.79. The summed E-state index contributed by atoms with van der Waals surface area (Å²) >= 11 is 2.15. The summed E-state index contributed by atoms with van der Waals surface area (Å²) in [6.07, 6.45) is 0.688. The molecular formula is C24H35IN2O6. The van der Waals surface area contributed by atoms with Gasteiger partial charge in [-0.2, -0.15) is 0 Å². The summed E-state index contributed by atoms with van der Waals surface area (Å²) in [5, 5.41) is 23.0. The second-order valence-corrected chi connectivity index (χ2v) is 9.52. The Hall–Kier alpha value is -1.69. The number of para-hydroxylation sites is 1. The second-order valence-electron chi connectivity index (χ2n) is 8.35. The van der Waals surface area contributed by atoms with Gasteiger partial charge in [0.05, 0.1) is 16.2 Å². The average molecular weight is 574 g/mol. The molecule has 33 heavy (non-hydrogen) atoms. The first-order valence-electron chi connectivity index (χ1n) is 11.3. The van der Waals surface area contributed by atoms with E-state index in [1.165, 1.54) is 0 Å². The lowest BCUT2D eigenvalue weighted by Crippen LogP contribution is -2.56. The predicted octanol–water partition coefficient (Wildman–Crippen LogP) is 2.12. The van der Waals surface area contributed by atoms with Gasteiger partial charge in [0.15, 0.2) is 0 Å². The summed E-state index contributed by atoms with van der Waals surface area (Å²) in [5.41, 5.74) is 0.411. The third kappa shape index (κ3) is 8.24. The summed E-state index contributed by atoms with van der Waals surface area (Å²) in [6.45, 7) is 6.65. The minimum absolute atomic E-state index is 0.0876. The number of benzene rings is 1. The molecule has 3 atom stereocenters. The number of halogens is 1. The second kappa shape index (κ2) is 13.9. The molecule has 0 radical (unpaired) electrons. The van der Waals surface area contributed by atoms with E-state index in [1.807, 2.05) is 25.1 Å². The van der Waals surface area contributed by atoms with Crippen LogP contribution in [-0.2, 0) is 14.3 Å². The lowest BCUT2D eigenvalue weighted by atomic mass is 9.87. The van der Waals surface area contributed by atoms with E-state index in [-0.39, 0.29) is 38.0 Å². The highest BCUT2D eigenvalue weighted by Gasteiger charge is 2.40. The number of ether oxygens (including phenoxy) is 2. The van der Waals surface area contributed by atoms with Crippen molar-refractivity contribution in [3.05, 3.63) is 39.5 Å². The van der Waals surface area contributed by atoms with Gasteiger partial charge in [0, 0.05) is 31.7 Å². The van der Waals surface area contributed by atoms with Crippen LogP contribution in [0.15, 0.2) is 35.9 Å². The van der Waals surface area contributed by atoms with Crippen molar-refractivity contribution < 1.29 is 29.3 Å². The molecule has 0 fully saturated rings. The first-order valence-corrected chi connectivity index (χ1v) is 12.4. The molecule has 1 aliphatic rings. The number of rotatable bonds is 12. The van der Waals surface area contributed by atoms with Gasteiger partial charge in [0.1, 0.15) is 24.6 Å². The highest BCUT2D eigenvalue weighted by Crippen LogP contribution is 2.30. The van der Waals surface area contributed by atoms with Gasteiger partial charge in [-0.3, -0.25) is 9.59 Å². The summed E-state index contributed by atoms with van der Waals surface area (Å²) in [4.78, 5) is 27.4. The molecule has 3 N–H and O–H groups in total. The SMILES string of the molecule is CCOCC(=O)N(CCC(C)C)[C@@H]1CC(C(=O)NCCO)=C[C@H](Oc2ccccc2I)[C@H]1O. The van der Waals surface area contributed by atoms with Gasteiger partial charge >= 0.3 is 0 Å². The van der Waals surface area contributed by atoms with Gasteiger partial charge in [-0.25, -0.2) is 0 Å². The molecule has 0 aliphatic heterocycles. The van der Waals surface area contributed by atoms with Crippen LogP contribution < -0.4 is 10.1 Å². The fourth-order valence-electron chi connectivity index (χ4n) is 3.61. The van der Waals surface area contributed by atoms with E-state index in [9.17, 15) is 14.7 Å². The Morgan fingerprint density at radius 1 is 1.30 bits per heavy atom. The number of aliphatic hydroxyl groups is 2. The van der Waals surface area contributed by atoms with Crippen molar-refractivity contribution >= 4 is 34.4 Å². The zero-order valence-electron chi connectivity index (χ0n) is 19.5. The highest BCUT2D eigenvalue weighted by molar-refractivity contribution is 14.1. The third-order valence-corrected chi connectivity index (χ3v) is 6.30. The molecule has 0 saturated heterocycles. The van der Waals surface area contributed by atoms with Gasteiger partial charge in [0.2, 0.25) is 11.8 Å². The van der Waals surface area contributed by atoms with Crippen molar-refractivity contribution in [2.45, 2.75) is 51.9 Å². The summed E-state index contributed by atoms with van der Waals surface area (Å²) in [7, 11) is 0. The number of carbonyl (C=O) groups is 2. The minimum atomic E-state index is -1.03. The molecule has 1 aromatic carbocycles. The lowest BCUT2D eigenvalue weighted by Gasteiger charge is -2.40. The Bertz CT molecular complexity index is 816. The quantitative estimate of drug-likeness (QED) is 0.330. The van der Waals surface area contributed by atoms with Crippen molar-refractivity contribution in [2.75, 3.05) is 32.9 Å². The Labute approximate surface area is 209 Å². The number of carbonyl (C=O) groups excluding carboxylic acids is 2. The molecule has 1 aliphatic carbocycles. The van der Waals surface area contributed by atoms with Crippen molar-refractivity contribution in [1.82, 2.24) is 10.2 Å². The van der Waals surface area contributed by atoms with Crippen LogP contribution in [0.4, 0.5) is 0 Å². The van der Waals surface area contributed by atoms with Crippen LogP contribution in [-0.4, -0.2) is 78.1 Å². The van der Waals surface area contributed by atoms with Crippen molar-refractivity contribution in [2.24, 2.45) is 5.92 Å². The molecule has 0 aromatic heterocycles. The van der Waals surface area contributed by atoms with E-state index in [2.05, 4.69) is 41.8 Å². The summed E-state index contributed by atoms with van der Waals surface area (Å²) in [5.74, 6) is 0.363. The maximum atomic E-state index is 13.0. The van der Waals surface area contributed by atoms with E-state index < -0.39 is 18.2 Å². The van der Waals surface area contributed by atoms with E-state index in [0.717, 1.165) is 9.99 Å².